The Hall–Kier alpha value is -1.85. The summed E-state index contributed by atoms with van der Waals surface area (Å²) in [6.07, 6.45) is 0.0144. The Labute approximate surface area is 142 Å². The van der Waals surface area contributed by atoms with Crippen molar-refractivity contribution in [2.45, 2.75) is 11.7 Å². The molecule has 0 aromatic heterocycles. The van der Waals surface area contributed by atoms with Crippen LogP contribution in [0.1, 0.15) is 27.6 Å². The quantitative estimate of drug-likeness (QED) is 0.739. The van der Waals surface area contributed by atoms with Crippen LogP contribution >= 0.6 is 23.4 Å². The normalized spacial score (nSPS) is 11.9. The smallest absolute Gasteiger partial charge is 0.313 e. The predicted molar refractivity (Wildman–Crippen MR) is 89.6 cm³/mol. The number of carboxylic acids is 1. The Balaban J connectivity index is 2.20. The van der Waals surface area contributed by atoms with Crippen molar-refractivity contribution in [3.05, 3.63) is 70.5 Å². The van der Waals surface area contributed by atoms with Gasteiger partial charge in [-0.05, 0) is 30.3 Å². The fraction of sp³-hybridized carbons (Fsp3) is 0.176. The number of carbonyl (C=O) groups excluding carboxylic acids is 1. The molecule has 0 aliphatic rings. The topological polar surface area (TPSA) is 54.4 Å². The van der Waals surface area contributed by atoms with Crippen LogP contribution in [-0.4, -0.2) is 22.6 Å². The number of aliphatic carboxylic acids is 1. The highest BCUT2D eigenvalue weighted by atomic mass is 35.5. The average molecular weight is 353 g/mol. The molecule has 0 aliphatic carbocycles. The lowest BCUT2D eigenvalue weighted by molar-refractivity contribution is -0.133. The van der Waals surface area contributed by atoms with E-state index in [1.54, 1.807) is 42.5 Å². The summed E-state index contributed by atoms with van der Waals surface area (Å²) in [4.78, 5) is 23.2. The maximum absolute atomic E-state index is 14.0. The van der Waals surface area contributed by atoms with Crippen molar-refractivity contribution in [3.63, 3.8) is 0 Å². The molecule has 0 bridgehead atoms. The van der Waals surface area contributed by atoms with Gasteiger partial charge in [0.05, 0.1) is 5.75 Å². The molecule has 0 amide bonds. The molecule has 6 heteroatoms. The molecule has 1 atom stereocenters. The van der Waals surface area contributed by atoms with Crippen LogP contribution in [0.15, 0.2) is 48.5 Å². The van der Waals surface area contributed by atoms with E-state index in [1.807, 2.05) is 0 Å². The minimum absolute atomic E-state index is 0.0144. The summed E-state index contributed by atoms with van der Waals surface area (Å²) in [5.74, 6) is -1.84. The Kier molecular flexibility index (Phi) is 6.19. The molecule has 0 saturated heterocycles. The lowest BCUT2D eigenvalue weighted by Crippen LogP contribution is -2.09. The number of hydrogen-bond acceptors (Lipinski definition) is 3. The number of carboxylic acid groups (broad SMARTS) is 1. The van der Waals surface area contributed by atoms with Gasteiger partial charge in [0, 0.05) is 27.8 Å². The van der Waals surface area contributed by atoms with Crippen molar-refractivity contribution in [2.24, 2.45) is 0 Å². The van der Waals surface area contributed by atoms with Crippen molar-refractivity contribution in [3.8, 4) is 0 Å². The highest BCUT2D eigenvalue weighted by Gasteiger charge is 2.21. The number of rotatable bonds is 7. The van der Waals surface area contributed by atoms with Crippen LogP contribution in [0.3, 0.4) is 0 Å². The zero-order valence-corrected chi connectivity index (χ0v) is 13.6. The maximum Gasteiger partial charge on any atom is 0.313 e. The van der Waals surface area contributed by atoms with E-state index in [-0.39, 0.29) is 18.0 Å². The lowest BCUT2D eigenvalue weighted by atomic mass is 10.0. The lowest BCUT2D eigenvalue weighted by Gasteiger charge is -2.16. The zero-order valence-electron chi connectivity index (χ0n) is 12.0. The van der Waals surface area contributed by atoms with Crippen LogP contribution in [0, 0.1) is 5.82 Å². The first-order valence-corrected chi connectivity index (χ1v) is 8.26. The minimum Gasteiger partial charge on any atom is -0.481 e. The van der Waals surface area contributed by atoms with Gasteiger partial charge < -0.3 is 5.11 Å². The number of thioether (sulfide) groups is 1. The predicted octanol–water partition coefficient (Wildman–Crippen LogP) is 4.61. The van der Waals surface area contributed by atoms with Crippen molar-refractivity contribution < 1.29 is 19.1 Å². The second-order valence-electron chi connectivity index (χ2n) is 4.85. The molecular weight excluding hydrogens is 339 g/mol. The summed E-state index contributed by atoms with van der Waals surface area (Å²) in [6, 6.07) is 12.5. The van der Waals surface area contributed by atoms with Gasteiger partial charge in [-0.3, -0.25) is 9.59 Å². The summed E-state index contributed by atoms with van der Waals surface area (Å²) in [5, 5.41) is 8.81. The molecule has 1 unspecified atom stereocenters. The summed E-state index contributed by atoms with van der Waals surface area (Å²) < 4.78 is 14.0. The molecular formula is C17H14ClFO3S. The van der Waals surface area contributed by atoms with E-state index < -0.39 is 17.0 Å². The molecule has 23 heavy (non-hydrogen) atoms. The van der Waals surface area contributed by atoms with E-state index >= 15 is 0 Å². The molecule has 2 aromatic rings. The Morgan fingerprint density at radius 3 is 2.39 bits per heavy atom. The highest BCUT2D eigenvalue weighted by Crippen LogP contribution is 2.34. The number of benzene rings is 2. The average Bonchev–Trinajstić information content (AvgIpc) is 2.52. The molecule has 0 radical (unpaired) electrons. The molecule has 2 aromatic carbocycles. The summed E-state index contributed by atoms with van der Waals surface area (Å²) >= 11 is 6.83. The van der Waals surface area contributed by atoms with E-state index in [2.05, 4.69) is 0 Å². The van der Waals surface area contributed by atoms with Crippen LogP contribution in [-0.2, 0) is 4.79 Å². The molecule has 120 valence electrons. The number of carbonyl (C=O) groups is 2. The number of hydrogen-bond donors (Lipinski definition) is 1. The SMILES string of the molecule is O=C(O)CSC(CC(=O)c1ccc(Cl)cc1)c1ccccc1F. The fourth-order valence-corrected chi connectivity index (χ4v) is 3.20. The molecule has 0 spiro atoms. The number of Topliss-reactive ketones (excluding diaryl/α,β-unsaturated/α-hetero) is 1. The molecule has 0 fully saturated rings. The second-order valence-corrected chi connectivity index (χ2v) is 6.48. The molecule has 0 saturated carbocycles. The van der Waals surface area contributed by atoms with Gasteiger partial charge in [-0.15, -0.1) is 11.8 Å². The van der Waals surface area contributed by atoms with Gasteiger partial charge in [-0.25, -0.2) is 4.39 Å². The van der Waals surface area contributed by atoms with Gasteiger partial charge in [-0.2, -0.15) is 0 Å². The van der Waals surface area contributed by atoms with E-state index in [0.717, 1.165) is 11.8 Å². The largest absolute Gasteiger partial charge is 0.481 e. The first-order chi connectivity index (χ1) is 11.0. The van der Waals surface area contributed by atoms with Crippen molar-refractivity contribution in [1.29, 1.82) is 0 Å². The van der Waals surface area contributed by atoms with E-state index in [0.29, 0.717) is 16.1 Å². The molecule has 0 heterocycles. The van der Waals surface area contributed by atoms with Crippen molar-refractivity contribution in [2.75, 3.05) is 5.75 Å². The molecule has 2 rings (SSSR count). The molecule has 1 N–H and O–H groups in total. The first-order valence-electron chi connectivity index (χ1n) is 6.84. The Morgan fingerprint density at radius 2 is 1.78 bits per heavy atom. The Morgan fingerprint density at radius 1 is 1.13 bits per heavy atom. The first kappa shape index (κ1) is 17.5. The summed E-state index contributed by atoms with van der Waals surface area (Å²) in [5.41, 5.74) is 0.799. The second kappa shape index (κ2) is 8.13. The van der Waals surface area contributed by atoms with Crippen molar-refractivity contribution >= 4 is 35.1 Å². The van der Waals surface area contributed by atoms with Gasteiger partial charge in [0.1, 0.15) is 5.82 Å². The van der Waals surface area contributed by atoms with Crippen LogP contribution in [0.2, 0.25) is 5.02 Å². The van der Waals surface area contributed by atoms with E-state index in [4.69, 9.17) is 16.7 Å². The van der Waals surface area contributed by atoms with Crippen LogP contribution in [0.4, 0.5) is 4.39 Å². The van der Waals surface area contributed by atoms with E-state index in [9.17, 15) is 14.0 Å². The maximum atomic E-state index is 14.0. The van der Waals surface area contributed by atoms with Gasteiger partial charge in [-0.1, -0.05) is 29.8 Å². The molecule has 3 nitrogen and oxygen atoms in total. The fourth-order valence-electron chi connectivity index (χ4n) is 2.09. The van der Waals surface area contributed by atoms with Gasteiger partial charge in [0.2, 0.25) is 0 Å². The monoisotopic (exact) mass is 352 g/mol. The van der Waals surface area contributed by atoms with Gasteiger partial charge in [0.25, 0.3) is 0 Å². The molecule has 0 aliphatic heterocycles. The highest BCUT2D eigenvalue weighted by molar-refractivity contribution is 8.00. The zero-order chi connectivity index (χ0) is 16.8. The Bertz CT molecular complexity index is 703. The van der Waals surface area contributed by atoms with Gasteiger partial charge >= 0.3 is 5.97 Å². The third-order valence-corrected chi connectivity index (χ3v) is 4.69. The van der Waals surface area contributed by atoms with Crippen LogP contribution in [0.5, 0.6) is 0 Å². The summed E-state index contributed by atoms with van der Waals surface area (Å²) in [7, 11) is 0. The van der Waals surface area contributed by atoms with Crippen molar-refractivity contribution in [1.82, 2.24) is 0 Å². The van der Waals surface area contributed by atoms with Crippen LogP contribution in [0.25, 0.3) is 0 Å². The number of ketones is 1. The van der Waals surface area contributed by atoms with Crippen LogP contribution < -0.4 is 0 Å². The van der Waals surface area contributed by atoms with Gasteiger partial charge in [0.15, 0.2) is 5.78 Å². The third-order valence-electron chi connectivity index (χ3n) is 3.20. The third kappa shape index (κ3) is 5.08. The standard InChI is InChI=1S/C17H14ClFO3S/c18-12-7-5-11(6-8-12)15(20)9-16(23-10-17(21)22)13-3-1-2-4-14(13)19/h1-8,16H,9-10H2,(H,21,22). The van der Waals surface area contributed by atoms with E-state index in [1.165, 1.54) is 6.07 Å². The minimum atomic E-state index is -1.00. The number of halogens is 2. The summed E-state index contributed by atoms with van der Waals surface area (Å²) in [6.45, 7) is 0.